The Morgan fingerprint density at radius 3 is 2.68 bits per heavy atom. The summed E-state index contributed by atoms with van der Waals surface area (Å²) in [6.07, 6.45) is 4.85. The molecule has 10 heteroatoms. The highest BCUT2D eigenvalue weighted by Gasteiger charge is 2.33. The normalized spacial score (nSPS) is 20.8. The first-order valence-electron chi connectivity index (χ1n) is 13.1. The van der Waals surface area contributed by atoms with Crippen molar-refractivity contribution in [3.63, 3.8) is 0 Å². The predicted molar refractivity (Wildman–Crippen MR) is 143 cm³/mol. The van der Waals surface area contributed by atoms with Crippen molar-refractivity contribution in [3.05, 3.63) is 47.4 Å². The zero-order chi connectivity index (χ0) is 27.2. The van der Waals surface area contributed by atoms with Crippen LogP contribution in [0.15, 0.2) is 30.6 Å². The third kappa shape index (κ3) is 4.76. The zero-order valence-electron chi connectivity index (χ0n) is 22.4. The van der Waals surface area contributed by atoms with E-state index in [0.29, 0.717) is 41.9 Å². The van der Waals surface area contributed by atoms with Crippen LogP contribution in [0.2, 0.25) is 0 Å². The second-order valence-corrected chi connectivity index (χ2v) is 10.6. The van der Waals surface area contributed by atoms with Crippen molar-refractivity contribution in [2.24, 2.45) is 5.73 Å². The summed E-state index contributed by atoms with van der Waals surface area (Å²) < 4.78 is 11.6. The monoisotopic (exact) mass is 518 g/mol. The first-order chi connectivity index (χ1) is 18.1. The molecule has 10 nitrogen and oxygen atoms in total. The smallest absolute Gasteiger partial charge is 0.340 e. The summed E-state index contributed by atoms with van der Waals surface area (Å²) in [4.78, 5) is 39.5. The number of cyclic esters (lactones) is 1. The van der Waals surface area contributed by atoms with Crippen LogP contribution in [-0.4, -0.2) is 57.0 Å². The van der Waals surface area contributed by atoms with Gasteiger partial charge in [0.15, 0.2) is 0 Å². The minimum atomic E-state index is -0.602. The fraction of sp³-hybridized carbons (Fsp3) is 0.464. The zero-order valence-corrected chi connectivity index (χ0v) is 22.4. The molecule has 38 heavy (non-hydrogen) atoms. The Bertz CT molecular complexity index is 1400. The molecule has 3 atom stereocenters. The fourth-order valence-corrected chi connectivity index (χ4v) is 5.06. The molecule has 1 saturated heterocycles. The van der Waals surface area contributed by atoms with Gasteiger partial charge in [-0.05, 0) is 49.4 Å². The minimum Gasteiger partial charge on any atom is -0.470 e. The molecule has 0 aliphatic carbocycles. The van der Waals surface area contributed by atoms with Crippen LogP contribution in [0, 0.1) is 0 Å². The van der Waals surface area contributed by atoms with Gasteiger partial charge in [-0.15, -0.1) is 0 Å². The molecule has 200 valence electrons. The van der Waals surface area contributed by atoms with Crippen molar-refractivity contribution in [1.82, 2.24) is 19.9 Å². The molecule has 0 radical (unpaired) electrons. The van der Waals surface area contributed by atoms with Gasteiger partial charge < -0.3 is 25.4 Å². The molecule has 1 amide bonds. The van der Waals surface area contributed by atoms with E-state index in [4.69, 9.17) is 20.2 Å². The van der Waals surface area contributed by atoms with E-state index in [1.807, 2.05) is 26.8 Å². The van der Waals surface area contributed by atoms with Gasteiger partial charge in [0.05, 0.1) is 29.7 Å². The second kappa shape index (κ2) is 9.83. The third-order valence-corrected chi connectivity index (χ3v) is 7.52. The molecular weight excluding hydrogens is 484 g/mol. The molecule has 2 aliphatic heterocycles. The summed E-state index contributed by atoms with van der Waals surface area (Å²) in [5.41, 5.74) is 8.24. The van der Waals surface area contributed by atoms with Crippen molar-refractivity contribution >= 4 is 34.3 Å². The Morgan fingerprint density at radius 1 is 1.21 bits per heavy atom. The van der Waals surface area contributed by atoms with E-state index in [1.165, 1.54) is 0 Å². The number of hydrogen-bond acceptors (Lipinski definition) is 9. The topological polar surface area (TPSA) is 133 Å². The largest absolute Gasteiger partial charge is 0.470 e. The van der Waals surface area contributed by atoms with Gasteiger partial charge in [-0.2, -0.15) is 0 Å². The van der Waals surface area contributed by atoms with Gasteiger partial charge in [0.1, 0.15) is 23.8 Å². The van der Waals surface area contributed by atoms with Crippen LogP contribution in [0.3, 0.4) is 0 Å². The van der Waals surface area contributed by atoms with Gasteiger partial charge in [-0.1, -0.05) is 20.3 Å². The Balaban J connectivity index is 1.49. The first kappa shape index (κ1) is 25.8. The Hall–Kier alpha value is -3.79. The minimum absolute atomic E-state index is 0.0242. The molecule has 0 bridgehead atoms. The van der Waals surface area contributed by atoms with Crippen molar-refractivity contribution in [1.29, 1.82) is 0 Å². The SMILES string of the molecule is CCCC(C)(N)c1cnc(OC2CN(C(C)=O)C2)c2cnc(Nc3ccc4c(n3)[C@@H](C)[C@H](C)OC4=O)cc12. The number of aromatic nitrogens is 3. The maximum Gasteiger partial charge on any atom is 0.340 e. The summed E-state index contributed by atoms with van der Waals surface area (Å²) in [6.45, 7) is 10.6. The summed E-state index contributed by atoms with van der Waals surface area (Å²) in [6, 6.07) is 5.42. The van der Waals surface area contributed by atoms with Crippen molar-refractivity contribution < 1.29 is 19.1 Å². The van der Waals surface area contributed by atoms with Crippen molar-refractivity contribution in [2.75, 3.05) is 18.4 Å². The molecule has 3 N–H and O–H groups in total. The van der Waals surface area contributed by atoms with Crippen LogP contribution in [-0.2, 0) is 15.1 Å². The number of nitrogens with zero attached hydrogens (tertiary/aromatic N) is 4. The maximum atomic E-state index is 12.3. The number of pyridine rings is 3. The van der Waals surface area contributed by atoms with E-state index >= 15 is 0 Å². The molecule has 0 aromatic carbocycles. The van der Waals surface area contributed by atoms with Crippen LogP contribution >= 0.6 is 0 Å². The number of esters is 1. The lowest BCUT2D eigenvalue weighted by molar-refractivity contribution is -0.137. The van der Waals surface area contributed by atoms with Gasteiger partial charge in [0.25, 0.3) is 0 Å². The summed E-state index contributed by atoms with van der Waals surface area (Å²) in [5.74, 6) is 1.29. The number of carbonyl (C=O) groups excluding carboxylic acids is 2. The number of amides is 1. The van der Waals surface area contributed by atoms with E-state index in [0.717, 1.165) is 29.2 Å². The van der Waals surface area contributed by atoms with Crippen LogP contribution in [0.5, 0.6) is 5.88 Å². The molecule has 5 heterocycles. The number of anilines is 2. The number of hydrogen-bond donors (Lipinski definition) is 2. The highest BCUT2D eigenvalue weighted by Crippen LogP contribution is 2.36. The maximum absolute atomic E-state index is 12.3. The van der Waals surface area contributed by atoms with Crippen LogP contribution in [0.1, 0.15) is 75.0 Å². The molecule has 1 unspecified atom stereocenters. The first-order valence-corrected chi connectivity index (χ1v) is 13.1. The molecular formula is C28H34N6O4. The van der Waals surface area contributed by atoms with Gasteiger partial charge in [-0.3, -0.25) is 4.79 Å². The number of nitrogens with one attached hydrogen (secondary N) is 1. The van der Waals surface area contributed by atoms with Gasteiger partial charge >= 0.3 is 5.97 Å². The lowest BCUT2D eigenvalue weighted by Crippen LogP contribution is -2.55. The van der Waals surface area contributed by atoms with Gasteiger partial charge in [0, 0.05) is 30.8 Å². The molecule has 0 saturated carbocycles. The van der Waals surface area contributed by atoms with Crippen LogP contribution in [0.4, 0.5) is 11.6 Å². The third-order valence-electron chi connectivity index (χ3n) is 7.52. The lowest BCUT2D eigenvalue weighted by atomic mass is 9.87. The summed E-state index contributed by atoms with van der Waals surface area (Å²) >= 11 is 0. The standard InChI is InChI=1S/C28H34N6O4/c1-6-9-28(5,29)22-12-31-26(38-18-13-34(14-18)17(4)35)21-11-30-24(10-20(21)22)32-23-8-7-19-25(33-23)15(2)16(3)37-27(19)36/h7-8,10-12,15-16,18H,6,9,13-14,29H2,1-5H3,(H,30,32,33)/t15-,16-,28?/m0/s1. The molecule has 2 aliphatic rings. The molecule has 5 rings (SSSR count). The van der Waals surface area contributed by atoms with E-state index in [1.54, 1.807) is 36.4 Å². The average Bonchev–Trinajstić information content (AvgIpc) is 2.84. The number of ether oxygens (including phenoxy) is 2. The number of nitrogens with two attached hydrogens (primary N) is 1. The quantitative estimate of drug-likeness (QED) is 0.445. The fourth-order valence-electron chi connectivity index (χ4n) is 5.06. The summed E-state index contributed by atoms with van der Waals surface area (Å²) in [5, 5.41) is 4.93. The van der Waals surface area contributed by atoms with Crippen molar-refractivity contribution in [3.8, 4) is 5.88 Å². The van der Waals surface area contributed by atoms with Gasteiger partial charge in [0.2, 0.25) is 11.8 Å². The highest BCUT2D eigenvalue weighted by molar-refractivity contribution is 5.93. The Labute approximate surface area is 221 Å². The van der Waals surface area contributed by atoms with Crippen LogP contribution < -0.4 is 15.8 Å². The predicted octanol–water partition coefficient (Wildman–Crippen LogP) is 4.01. The van der Waals surface area contributed by atoms with Crippen LogP contribution in [0.25, 0.3) is 10.8 Å². The Kier molecular flexibility index (Phi) is 6.68. The highest BCUT2D eigenvalue weighted by atomic mass is 16.5. The van der Waals surface area contributed by atoms with E-state index < -0.39 is 5.54 Å². The Morgan fingerprint density at radius 2 is 1.97 bits per heavy atom. The number of carbonyl (C=O) groups is 2. The number of likely N-dealkylation sites (tertiary alicyclic amines) is 1. The van der Waals surface area contributed by atoms with Gasteiger partial charge in [-0.25, -0.2) is 19.7 Å². The number of fused-ring (bicyclic) bond motifs is 2. The van der Waals surface area contributed by atoms with Crippen molar-refractivity contribution in [2.45, 2.75) is 71.1 Å². The molecule has 1 fully saturated rings. The van der Waals surface area contributed by atoms with E-state index in [2.05, 4.69) is 22.2 Å². The second-order valence-electron chi connectivity index (χ2n) is 10.6. The van der Waals surface area contributed by atoms with E-state index in [-0.39, 0.29) is 30.0 Å². The number of rotatable bonds is 7. The molecule has 3 aromatic rings. The molecule has 3 aromatic heterocycles. The lowest BCUT2D eigenvalue weighted by Gasteiger charge is -2.38. The average molecular weight is 519 g/mol. The van der Waals surface area contributed by atoms with E-state index in [9.17, 15) is 9.59 Å². The summed E-state index contributed by atoms with van der Waals surface area (Å²) in [7, 11) is 0. The molecule has 0 spiro atoms.